The van der Waals surface area contributed by atoms with E-state index in [2.05, 4.69) is 0 Å². The molecule has 3 nitrogen and oxygen atoms in total. The topological polar surface area (TPSA) is 46.5 Å². The molecule has 0 spiro atoms. The number of carbonyl (C=O) groups is 1. The molecule has 1 N–H and O–H groups in total. The van der Waals surface area contributed by atoms with Crippen molar-refractivity contribution in [2.75, 3.05) is 6.61 Å². The van der Waals surface area contributed by atoms with Gasteiger partial charge in [0, 0.05) is 6.08 Å². The summed E-state index contributed by atoms with van der Waals surface area (Å²) < 4.78 is 4.84. The average Bonchev–Trinajstić information content (AvgIpc) is 2.44. The van der Waals surface area contributed by atoms with E-state index in [4.69, 9.17) is 4.74 Å². The molecular formula is C16H22O3. The van der Waals surface area contributed by atoms with Gasteiger partial charge in [0.15, 0.2) is 0 Å². The zero-order valence-electron chi connectivity index (χ0n) is 11.6. The maximum absolute atomic E-state index is 11.2. The fourth-order valence-electron chi connectivity index (χ4n) is 1.88. The Bertz CT molecular complexity index is 398. The van der Waals surface area contributed by atoms with Gasteiger partial charge in [-0.3, -0.25) is 0 Å². The van der Waals surface area contributed by atoms with Gasteiger partial charge in [0.2, 0.25) is 0 Å². The molecule has 0 aliphatic carbocycles. The first-order chi connectivity index (χ1) is 9.17. The second-order valence-electron chi connectivity index (χ2n) is 4.44. The van der Waals surface area contributed by atoms with Crippen molar-refractivity contribution >= 4 is 5.97 Å². The number of rotatable bonds is 7. The summed E-state index contributed by atoms with van der Waals surface area (Å²) in [5.41, 5.74) is 0.908. The summed E-state index contributed by atoms with van der Waals surface area (Å²) in [6.07, 6.45) is 4.26. The average molecular weight is 262 g/mol. The van der Waals surface area contributed by atoms with Crippen LogP contribution in [0.3, 0.4) is 0 Å². The van der Waals surface area contributed by atoms with Crippen molar-refractivity contribution in [2.45, 2.75) is 32.8 Å². The summed E-state index contributed by atoms with van der Waals surface area (Å²) in [7, 11) is 0. The van der Waals surface area contributed by atoms with E-state index in [0.717, 1.165) is 12.0 Å². The van der Waals surface area contributed by atoms with Crippen LogP contribution < -0.4 is 0 Å². The van der Waals surface area contributed by atoms with E-state index in [9.17, 15) is 9.90 Å². The highest BCUT2D eigenvalue weighted by atomic mass is 16.5. The monoisotopic (exact) mass is 262 g/mol. The fraction of sp³-hybridized carbons (Fsp3) is 0.438. The molecule has 0 fully saturated rings. The zero-order valence-corrected chi connectivity index (χ0v) is 11.6. The number of benzene rings is 1. The Labute approximate surface area is 114 Å². The molecule has 0 radical (unpaired) electrons. The number of esters is 1. The van der Waals surface area contributed by atoms with Crippen LogP contribution in [0.25, 0.3) is 0 Å². The number of hydrogen-bond acceptors (Lipinski definition) is 3. The van der Waals surface area contributed by atoms with Crippen LogP contribution in [0.1, 0.15) is 38.4 Å². The summed E-state index contributed by atoms with van der Waals surface area (Å²) in [6, 6.07) is 9.56. The Morgan fingerprint density at radius 3 is 2.58 bits per heavy atom. The van der Waals surface area contributed by atoms with Crippen molar-refractivity contribution < 1.29 is 14.6 Å². The second kappa shape index (κ2) is 8.48. The van der Waals surface area contributed by atoms with Gasteiger partial charge in [-0.15, -0.1) is 0 Å². The predicted molar refractivity (Wildman–Crippen MR) is 75.6 cm³/mol. The highest BCUT2D eigenvalue weighted by Gasteiger charge is 2.12. The van der Waals surface area contributed by atoms with Gasteiger partial charge in [0.1, 0.15) is 0 Å². The van der Waals surface area contributed by atoms with Gasteiger partial charge in [0.25, 0.3) is 0 Å². The molecule has 0 heterocycles. The minimum atomic E-state index is -0.502. The van der Waals surface area contributed by atoms with Crippen molar-refractivity contribution in [3.05, 3.63) is 48.0 Å². The third kappa shape index (κ3) is 5.71. The van der Waals surface area contributed by atoms with E-state index < -0.39 is 6.10 Å². The third-order valence-corrected chi connectivity index (χ3v) is 3.03. The standard InChI is InChI=1S/C16H22O3/c1-3-13(10-11-16(18)19-4-2)12-15(17)14-8-6-5-7-9-14/h5-11,13,15,17H,3-4,12H2,1-2H3/b11-10+/t13-,15-/m0/s1. The maximum Gasteiger partial charge on any atom is 0.330 e. The molecule has 0 unspecified atom stereocenters. The minimum Gasteiger partial charge on any atom is -0.463 e. The van der Waals surface area contributed by atoms with Crippen LogP contribution in [0, 0.1) is 5.92 Å². The molecule has 3 heteroatoms. The molecule has 0 bridgehead atoms. The predicted octanol–water partition coefficient (Wildman–Crippen LogP) is 3.26. The Balaban J connectivity index is 2.55. The molecule has 0 amide bonds. The summed E-state index contributed by atoms with van der Waals surface area (Å²) in [4.78, 5) is 11.2. The molecule has 1 rings (SSSR count). The fourth-order valence-corrected chi connectivity index (χ4v) is 1.88. The summed E-state index contributed by atoms with van der Waals surface area (Å²) in [5, 5.41) is 10.1. The van der Waals surface area contributed by atoms with Crippen molar-refractivity contribution in [3.8, 4) is 0 Å². The molecule has 0 saturated heterocycles. The quantitative estimate of drug-likeness (QED) is 0.606. The highest BCUT2D eigenvalue weighted by molar-refractivity contribution is 5.81. The first-order valence-corrected chi connectivity index (χ1v) is 6.75. The number of carbonyl (C=O) groups excluding carboxylic acids is 1. The van der Waals surface area contributed by atoms with Gasteiger partial charge < -0.3 is 9.84 Å². The van der Waals surface area contributed by atoms with Crippen LogP contribution in [-0.2, 0) is 9.53 Å². The van der Waals surface area contributed by atoms with Crippen molar-refractivity contribution in [2.24, 2.45) is 5.92 Å². The van der Waals surface area contributed by atoms with E-state index in [0.29, 0.717) is 13.0 Å². The molecule has 0 aromatic heterocycles. The van der Waals surface area contributed by atoms with Gasteiger partial charge in [0.05, 0.1) is 12.7 Å². The zero-order chi connectivity index (χ0) is 14.1. The van der Waals surface area contributed by atoms with Gasteiger partial charge >= 0.3 is 5.97 Å². The molecule has 19 heavy (non-hydrogen) atoms. The van der Waals surface area contributed by atoms with E-state index in [1.165, 1.54) is 6.08 Å². The Morgan fingerprint density at radius 2 is 2.00 bits per heavy atom. The molecular weight excluding hydrogens is 240 g/mol. The van der Waals surface area contributed by atoms with Gasteiger partial charge in [-0.05, 0) is 31.2 Å². The van der Waals surface area contributed by atoms with Crippen LogP contribution >= 0.6 is 0 Å². The Kier molecular flexibility index (Phi) is 6.90. The second-order valence-corrected chi connectivity index (χ2v) is 4.44. The lowest BCUT2D eigenvalue weighted by Gasteiger charge is -2.16. The summed E-state index contributed by atoms with van der Waals surface area (Å²) in [5.74, 6) is -0.158. The number of ether oxygens (including phenoxy) is 1. The molecule has 1 aromatic rings. The molecule has 1 aromatic carbocycles. The smallest absolute Gasteiger partial charge is 0.330 e. The Morgan fingerprint density at radius 1 is 1.32 bits per heavy atom. The largest absolute Gasteiger partial charge is 0.463 e. The van der Waals surface area contributed by atoms with Crippen LogP contribution in [0.15, 0.2) is 42.5 Å². The van der Waals surface area contributed by atoms with Crippen LogP contribution in [0.4, 0.5) is 0 Å². The maximum atomic E-state index is 11.2. The summed E-state index contributed by atoms with van der Waals surface area (Å²) >= 11 is 0. The number of aliphatic hydroxyl groups excluding tert-OH is 1. The molecule has 0 aliphatic heterocycles. The van der Waals surface area contributed by atoms with E-state index >= 15 is 0 Å². The van der Waals surface area contributed by atoms with E-state index in [-0.39, 0.29) is 11.9 Å². The van der Waals surface area contributed by atoms with E-state index in [1.54, 1.807) is 6.92 Å². The van der Waals surface area contributed by atoms with Crippen molar-refractivity contribution in [1.82, 2.24) is 0 Å². The van der Waals surface area contributed by atoms with E-state index in [1.807, 2.05) is 43.3 Å². The lowest BCUT2D eigenvalue weighted by molar-refractivity contribution is -0.137. The van der Waals surface area contributed by atoms with Crippen LogP contribution in [0.2, 0.25) is 0 Å². The molecule has 0 saturated carbocycles. The third-order valence-electron chi connectivity index (χ3n) is 3.03. The van der Waals surface area contributed by atoms with Crippen LogP contribution in [0.5, 0.6) is 0 Å². The lowest BCUT2D eigenvalue weighted by atomic mass is 9.94. The van der Waals surface area contributed by atoms with Gasteiger partial charge in [-0.2, -0.15) is 0 Å². The minimum absolute atomic E-state index is 0.166. The number of hydrogen-bond donors (Lipinski definition) is 1. The van der Waals surface area contributed by atoms with Crippen molar-refractivity contribution in [1.29, 1.82) is 0 Å². The molecule has 2 atom stereocenters. The van der Waals surface area contributed by atoms with Gasteiger partial charge in [-0.1, -0.05) is 43.3 Å². The Hall–Kier alpha value is -1.61. The summed E-state index contributed by atoms with van der Waals surface area (Å²) in [6.45, 7) is 4.20. The molecule has 0 aliphatic rings. The normalized spacial score (nSPS) is 14.3. The first kappa shape index (κ1) is 15.4. The number of aliphatic hydroxyl groups is 1. The van der Waals surface area contributed by atoms with Crippen molar-refractivity contribution in [3.63, 3.8) is 0 Å². The number of allylic oxidation sites excluding steroid dienone is 1. The molecule has 104 valence electrons. The SMILES string of the molecule is CCOC(=O)/C=C/[C@H](CC)C[C@H](O)c1ccccc1. The van der Waals surface area contributed by atoms with Crippen LogP contribution in [-0.4, -0.2) is 17.7 Å². The highest BCUT2D eigenvalue weighted by Crippen LogP contribution is 2.23. The van der Waals surface area contributed by atoms with Gasteiger partial charge in [-0.25, -0.2) is 4.79 Å². The first-order valence-electron chi connectivity index (χ1n) is 6.75. The lowest BCUT2D eigenvalue weighted by Crippen LogP contribution is -2.06.